The maximum absolute atomic E-state index is 12.5. The summed E-state index contributed by atoms with van der Waals surface area (Å²) >= 11 is 0. The second-order valence-electron chi connectivity index (χ2n) is 7.67. The number of aryl methyl sites for hydroxylation is 2. The molecule has 1 aliphatic rings. The van der Waals surface area contributed by atoms with Crippen molar-refractivity contribution in [2.24, 2.45) is 0 Å². The molecule has 1 N–H and O–H groups in total. The van der Waals surface area contributed by atoms with E-state index in [9.17, 15) is 4.79 Å². The van der Waals surface area contributed by atoms with E-state index in [-0.39, 0.29) is 5.91 Å². The maximum Gasteiger partial charge on any atom is 0.224 e. The lowest BCUT2D eigenvalue weighted by Crippen LogP contribution is -2.28. The number of para-hydroxylation sites is 1. The predicted octanol–water partition coefficient (Wildman–Crippen LogP) is 2.71. The number of rotatable bonds is 6. The molecular formula is C22H28N6O. The van der Waals surface area contributed by atoms with Gasteiger partial charge in [-0.25, -0.2) is 4.68 Å². The Morgan fingerprint density at radius 1 is 1.10 bits per heavy atom. The molecule has 0 saturated heterocycles. The van der Waals surface area contributed by atoms with Crippen LogP contribution in [0.25, 0.3) is 5.69 Å². The molecule has 0 bridgehead atoms. The van der Waals surface area contributed by atoms with Gasteiger partial charge < -0.3 is 9.88 Å². The van der Waals surface area contributed by atoms with Crippen LogP contribution in [0.4, 0.5) is 0 Å². The predicted molar refractivity (Wildman–Crippen MR) is 111 cm³/mol. The Morgan fingerprint density at radius 2 is 1.93 bits per heavy atom. The number of aromatic nitrogens is 5. The Morgan fingerprint density at radius 3 is 2.76 bits per heavy atom. The lowest BCUT2D eigenvalue weighted by Gasteiger charge is -2.08. The fraction of sp³-hybridized carbons (Fsp3) is 0.455. The molecule has 0 aliphatic carbocycles. The van der Waals surface area contributed by atoms with Crippen LogP contribution in [0.15, 0.2) is 30.3 Å². The molecule has 7 heteroatoms. The number of nitrogens with zero attached hydrogens (tertiary/aromatic N) is 5. The van der Waals surface area contributed by atoms with Gasteiger partial charge in [0.05, 0.1) is 17.8 Å². The average molecular weight is 393 g/mol. The van der Waals surface area contributed by atoms with Crippen molar-refractivity contribution < 1.29 is 4.79 Å². The highest BCUT2D eigenvalue weighted by atomic mass is 16.1. The third-order valence-corrected chi connectivity index (χ3v) is 5.64. The number of hydrogen-bond donors (Lipinski definition) is 1. The highest BCUT2D eigenvalue weighted by Crippen LogP contribution is 2.18. The molecule has 0 fully saturated rings. The van der Waals surface area contributed by atoms with E-state index >= 15 is 0 Å². The van der Waals surface area contributed by atoms with E-state index in [2.05, 4.69) is 25.2 Å². The SMILES string of the molecule is Cc1nn(-c2ccccc2)c(C)c1CC(=O)NCCc1nnc2n1CCCCC2. The number of carbonyl (C=O) groups is 1. The Bertz CT molecular complexity index is 988. The maximum atomic E-state index is 12.5. The van der Waals surface area contributed by atoms with Gasteiger partial charge in [0.2, 0.25) is 5.91 Å². The van der Waals surface area contributed by atoms with Gasteiger partial charge in [-0.2, -0.15) is 5.10 Å². The second kappa shape index (κ2) is 8.59. The minimum Gasteiger partial charge on any atom is -0.355 e. The molecule has 2 aromatic heterocycles. The average Bonchev–Trinajstić information content (AvgIpc) is 3.13. The summed E-state index contributed by atoms with van der Waals surface area (Å²) in [5.41, 5.74) is 3.89. The van der Waals surface area contributed by atoms with E-state index in [1.807, 2.05) is 48.9 Å². The lowest BCUT2D eigenvalue weighted by atomic mass is 10.1. The van der Waals surface area contributed by atoms with E-state index < -0.39 is 0 Å². The van der Waals surface area contributed by atoms with Crippen LogP contribution in [0.2, 0.25) is 0 Å². The largest absolute Gasteiger partial charge is 0.355 e. The minimum absolute atomic E-state index is 0.0133. The van der Waals surface area contributed by atoms with Crippen molar-refractivity contribution >= 4 is 5.91 Å². The van der Waals surface area contributed by atoms with Crippen LogP contribution >= 0.6 is 0 Å². The first-order valence-corrected chi connectivity index (χ1v) is 10.4. The zero-order valence-electron chi connectivity index (χ0n) is 17.2. The molecule has 29 heavy (non-hydrogen) atoms. The van der Waals surface area contributed by atoms with Crippen molar-refractivity contribution in [2.45, 2.75) is 58.9 Å². The first-order chi connectivity index (χ1) is 14.1. The van der Waals surface area contributed by atoms with Gasteiger partial charge in [-0.15, -0.1) is 10.2 Å². The van der Waals surface area contributed by atoms with Gasteiger partial charge in [-0.1, -0.05) is 24.6 Å². The normalized spacial score (nSPS) is 13.7. The van der Waals surface area contributed by atoms with Crippen LogP contribution in [0.1, 0.15) is 47.9 Å². The van der Waals surface area contributed by atoms with Gasteiger partial charge >= 0.3 is 0 Å². The van der Waals surface area contributed by atoms with Crippen molar-refractivity contribution in [3.05, 3.63) is 58.9 Å². The summed E-state index contributed by atoms with van der Waals surface area (Å²) in [6.45, 7) is 5.53. The summed E-state index contributed by atoms with van der Waals surface area (Å²) in [7, 11) is 0. The molecule has 7 nitrogen and oxygen atoms in total. The molecule has 3 heterocycles. The zero-order valence-corrected chi connectivity index (χ0v) is 17.2. The third kappa shape index (κ3) is 4.23. The first-order valence-electron chi connectivity index (χ1n) is 10.4. The van der Waals surface area contributed by atoms with Gasteiger partial charge in [0.15, 0.2) is 0 Å². The molecule has 1 aromatic carbocycles. The molecular weight excluding hydrogens is 364 g/mol. The van der Waals surface area contributed by atoms with Crippen molar-refractivity contribution in [2.75, 3.05) is 6.54 Å². The van der Waals surface area contributed by atoms with E-state index in [0.717, 1.165) is 47.3 Å². The Kier molecular flexibility index (Phi) is 5.74. The highest BCUT2D eigenvalue weighted by Gasteiger charge is 2.17. The number of fused-ring (bicyclic) bond motifs is 1. The topological polar surface area (TPSA) is 77.6 Å². The molecule has 0 radical (unpaired) electrons. The number of carbonyl (C=O) groups excluding carboxylic acids is 1. The van der Waals surface area contributed by atoms with Gasteiger partial charge in [0, 0.05) is 37.2 Å². The Hall–Kier alpha value is -2.96. The number of nitrogens with one attached hydrogen (secondary N) is 1. The van der Waals surface area contributed by atoms with Crippen molar-refractivity contribution in [1.82, 2.24) is 29.9 Å². The van der Waals surface area contributed by atoms with Crippen LogP contribution in [-0.2, 0) is 30.6 Å². The molecule has 0 spiro atoms. The molecule has 0 atom stereocenters. The molecule has 0 unspecified atom stereocenters. The molecule has 1 aliphatic heterocycles. The Balaban J connectivity index is 1.36. The summed E-state index contributed by atoms with van der Waals surface area (Å²) in [6.07, 6.45) is 5.65. The van der Waals surface area contributed by atoms with Gasteiger partial charge in [0.25, 0.3) is 0 Å². The second-order valence-corrected chi connectivity index (χ2v) is 7.67. The van der Waals surface area contributed by atoms with E-state index in [1.165, 1.54) is 19.3 Å². The van der Waals surface area contributed by atoms with Gasteiger partial charge in [-0.05, 0) is 38.8 Å². The van der Waals surface area contributed by atoms with Crippen LogP contribution in [0.3, 0.4) is 0 Å². The monoisotopic (exact) mass is 392 g/mol. The van der Waals surface area contributed by atoms with Crippen LogP contribution < -0.4 is 5.32 Å². The number of amides is 1. The van der Waals surface area contributed by atoms with Crippen molar-refractivity contribution in [1.29, 1.82) is 0 Å². The first kappa shape index (κ1) is 19.4. The number of hydrogen-bond acceptors (Lipinski definition) is 4. The van der Waals surface area contributed by atoms with Gasteiger partial charge in [0.1, 0.15) is 11.6 Å². The Labute approximate surface area is 171 Å². The van der Waals surface area contributed by atoms with E-state index in [1.54, 1.807) is 0 Å². The molecule has 1 amide bonds. The van der Waals surface area contributed by atoms with Crippen LogP contribution in [-0.4, -0.2) is 37.0 Å². The standard InChI is InChI=1S/C22H28N6O/c1-16-19(17(2)28(26-16)18-9-5-3-6-10-18)15-22(29)23-13-12-21-25-24-20-11-7-4-8-14-27(20)21/h3,5-6,9-10H,4,7-8,11-15H2,1-2H3,(H,23,29). The summed E-state index contributed by atoms with van der Waals surface area (Å²) in [4.78, 5) is 12.5. The fourth-order valence-electron chi connectivity index (χ4n) is 4.02. The molecule has 0 saturated carbocycles. The minimum atomic E-state index is 0.0133. The van der Waals surface area contributed by atoms with E-state index in [4.69, 9.17) is 0 Å². The fourth-order valence-corrected chi connectivity index (χ4v) is 4.02. The lowest BCUT2D eigenvalue weighted by molar-refractivity contribution is -0.120. The highest BCUT2D eigenvalue weighted by molar-refractivity contribution is 5.79. The smallest absolute Gasteiger partial charge is 0.224 e. The summed E-state index contributed by atoms with van der Waals surface area (Å²) in [5, 5.41) is 16.3. The van der Waals surface area contributed by atoms with Gasteiger partial charge in [-0.3, -0.25) is 4.79 Å². The summed E-state index contributed by atoms with van der Waals surface area (Å²) < 4.78 is 4.14. The molecule has 3 aromatic rings. The van der Waals surface area contributed by atoms with Crippen molar-refractivity contribution in [3.8, 4) is 5.69 Å². The molecule has 152 valence electrons. The number of benzene rings is 1. The third-order valence-electron chi connectivity index (χ3n) is 5.64. The van der Waals surface area contributed by atoms with Crippen LogP contribution in [0.5, 0.6) is 0 Å². The molecule has 4 rings (SSSR count). The zero-order chi connectivity index (χ0) is 20.2. The quantitative estimate of drug-likeness (QED) is 0.700. The summed E-state index contributed by atoms with van der Waals surface area (Å²) in [6, 6.07) is 10.0. The van der Waals surface area contributed by atoms with Crippen molar-refractivity contribution in [3.63, 3.8) is 0 Å². The summed E-state index contributed by atoms with van der Waals surface area (Å²) in [5.74, 6) is 2.08. The van der Waals surface area contributed by atoms with E-state index in [0.29, 0.717) is 19.4 Å². The van der Waals surface area contributed by atoms with Crippen LogP contribution in [0, 0.1) is 13.8 Å².